The number of para-hydroxylation sites is 1. The summed E-state index contributed by atoms with van der Waals surface area (Å²) in [5.41, 5.74) is -0.0878. The zero-order valence-corrected chi connectivity index (χ0v) is 18.6. The molecule has 1 aliphatic heterocycles. The van der Waals surface area contributed by atoms with Gasteiger partial charge in [-0.15, -0.1) is 0 Å². The monoisotopic (exact) mass is 464 g/mol. The second kappa shape index (κ2) is 8.77. The number of benzodiazepines with no additional fused rings is 1. The van der Waals surface area contributed by atoms with Gasteiger partial charge in [-0.3, -0.25) is 14.2 Å². The second-order valence-electron chi connectivity index (χ2n) is 7.67. The van der Waals surface area contributed by atoms with Crippen molar-refractivity contribution in [3.05, 3.63) is 92.5 Å². The summed E-state index contributed by atoms with van der Waals surface area (Å²) in [5, 5.41) is 4.79. The maximum absolute atomic E-state index is 14.7. The highest BCUT2D eigenvalue weighted by atomic mass is 19.1. The Morgan fingerprint density at radius 2 is 1.62 bits per heavy atom. The number of carbonyl (C=O) groups excluding carboxylic acids is 2. The van der Waals surface area contributed by atoms with Crippen molar-refractivity contribution >= 4 is 29.0 Å². The van der Waals surface area contributed by atoms with E-state index in [1.54, 1.807) is 30.3 Å². The van der Waals surface area contributed by atoms with E-state index in [4.69, 9.17) is 0 Å². The molecule has 11 heteroatoms. The quantitative estimate of drug-likeness (QED) is 0.605. The normalized spacial score (nSPS) is 15.3. The van der Waals surface area contributed by atoms with Crippen LogP contribution in [-0.2, 0) is 18.9 Å². The Morgan fingerprint density at radius 3 is 2.32 bits per heavy atom. The number of hydrogen-bond donors (Lipinski definition) is 2. The van der Waals surface area contributed by atoms with E-state index in [9.17, 15) is 23.6 Å². The number of urea groups is 1. The fraction of sp³-hybridized carbons (Fsp3) is 0.174. The molecule has 1 aliphatic rings. The Balaban J connectivity index is 1.73. The van der Waals surface area contributed by atoms with Crippen LogP contribution < -0.4 is 26.8 Å². The lowest BCUT2D eigenvalue weighted by molar-refractivity contribution is -0.119. The maximum atomic E-state index is 14.7. The molecule has 2 N–H and O–H groups in total. The van der Waals surface area contributed by atoms with E-state index in [-0.39, 0.29) is 17.0 Å². The largest absolute Gasteiger partial charge is 0.330 e. The van der Waals surface area contributed by atoms with Crippen LogP contribution in [0.3, 0.4) is 0 Å². The van der Waals surface area contributed by atoms with Crippen LogP contribution in [0, 0.1) is 5.82 Å². The fourth-order valence-corrected chi connectivity index (χ4v) is 3.66. The summed E-state index contributed by atoms with van der Waals surface area (Å²) < 4.78 is 16.7. The molecule has 1 aromatic heterocycles. The SMILES string of the molecule is CN1C(=O)C(NC(=O)Nc2cn(C)c(=O)n(C)c2=O)N=C(c2ccccc2F)c2ccccc21. The minimum absolute atomic E-state index is 0.164. The number of aryl methyl sites for hydroxylation is 1. The molecule has 0 radical (unpaired) electrons. The van der Waals surface area contributed by atoms with Crippen molar-refractivity contribution in [1.29, 1.82) is 0 Å². The molecule has 0 bridgehead atoms. The summed E-state index contributed by atoms with van der Waals surface area (Å²) in [6.07, 6.45) is -0.238. The first-order valence-electron chi connectivity index (χ1n) is 10.2. The fourth-order valence-electron chi connectivity index (χ4n) is 3.66. The molecule has 10 nitrogen and oxygen atoms in total. The second-order valence-corrected chi connectivity index (χ2v) is 7.67. The van der Waals surface area contributed by atoms with E-state index in [2.05, 4.69) is 15.6 Å². The first-order chi connectivity index (χ1) is 16.2. The molecule has 1 atom stereocenters. The number of nitrogens with zero attached hydrogens (tertiary/aromatic N) is 4. The lowest BCUT2D eigenvalue weighted by atomic mass is 10.00. The summed E-state index contributed by atoms with van der Waals surface area (Å²) in [7, 11) is 4.23. The number of fused-ring (bicyclic) bond motifs is 1. The third kappa shape index (κ3) is 3.98. The standard InChI is InChI=1S/C23H21FN6O4/c1-28-12-16(20(31)30(3)23(28)34)25-22(33)27-19-21(32)29(2)17-11-7-5-9-14(17)18(26-19)13-8-4-6-10-15(13)24/h4-12,19H,1-3H3,(H2,25,27,33). The number of rotatable bonds is 3. The van der Waals surface area contributed by atoms with E-state index in [0.717, 1.165) is 9.13 Å². The van der Waals surface area contributed by atoms with Crippen molar-refractivity contribution in [3.63, 3.8) is 0 Å². The van der Waals surface area contributed by atoms with Crippen LogP contribution in [0.5, 0.6) is 0 Å². The molecule has 3 aromatic rings. The minimum atomic E-state index is -1.41. The number of amides is 3. The van der Waals surface area contributed by atoms with Gasteiger partial charge in [0.2, 0.25) is 6.17 Å². The topological polar surface area (TPSA) is 118 Å². The third-order valence-electron chi connectivity index (χ3n) is 5.43. The molecular formula is C23H21FN6O4. The lowest BCUT2D eigenvalue weighted by Crippen LogP contribution is -2.48. The molecule has 4 rings (SSSR count). The van der Waals surface area contributed by atoms with E-state index in [1.807, 2.05) is 0 Å². The molecule has 2 aromatic carbocycles. The van der Waals surface area contributed by atoms with Crippen molar-refractivity contribution in [1.82, 2.24) is 14.5 Å². The van der Waals surface area contributed by atoms with Crippen LogP contribution in [0.4, 0.5) is 20.6 Å². The van der Waals surface area contributed by atoms with Gasteiger partial charge in [0.05, 0.1) is 11.4 Å². The molecule has 34 heavy (non-hydrogen) atoms. The Morgan fingerprint density at radius 1 is 0.971 bits per heavy atom. The number of aromatic nitrogens is 2. The molecule has 0 spiro atoms. The van der Waals surface area contributed by atoms with Crippen molar-refractivity contribution in [2.45, 2.75) is 6.17 Å². The van der Waals surface area contributed by atoms with Gasteiger partial charge < -0.3 is 20.1 Å². The predicted molar refractivity (Wildman–Crippen MR) is 125 cm³/mol. The number of nitrogens with one attached hydrogen (secondary N) is 2. The molecule has 0 fully saturated rings. The smallest absolute Gasteiger partial charge is 0.311 e. The van der Waals surface area contributed by atoms with Crippen molar-refractivity contribution in [2.24, 2.45) is 19.1 Å². The summed E-state index contributed by atoms with van der Waals surface area (Å²) in [6, 6.07) is 12.0. The van der Waals surface area contributed by atoms with Gasteiger partial charge in [-0.2, -0.15) is 0 Å². The number of likely N-dealkylation sites (N-methyl/N-ethyl adjacent to an activating group) is 1. The zero-order chi connectivity index (χ0) is 24.6. The lowest BCUT2D eigenvalue weighted by Gasteiger charge is -2.21. The van der Waals surface area contributed by atoms with E-state index in [1.165, 1.54) is 50.4 Å². The number of carbonyl (C=O) groups is 2. The highest BCUT2D eigenvalue weighted by molar-refractivity contribution is 6.20. The zero-order valence-electron chi connectivity index (χ0n) is 18.6. The van der Waals surface area contributed by atoms with Crippen LogP contribution in [0.25, 0.3) is 0 Å². The first-order valence-corrected chi connectivity index (χ1v) is 10.2. The van der Waals surface area contributed by atoms with Gasteiger partial charge in [-0.1, -0.05) is 30.3 Å². The highest BCUT2D eigenvalue weighted by Crippen LogP contribution is 2.28. The van der Waals surface area contributed by atoms with E-state index >= 15 is 0 Å². The summed E-state index contributed by atoms with van der Waals surface area (Å²) >= 11 is 0. The van der Waals surface area contributed by atoms with Gasteiger partial charge in [-0.25, -0.2) is 19.0 Å². The molecule has 3 amide bonds. The van der Waals surface area contributed by atoms with Crippen LogP contribution in [0.1, 0.15) is 11.1 Å². The van der Waals surface area contributed by atoms with E-state index in [0.29, 0.717) is 11.3 Å². The Labute approximate surface area is 193 Å². The maximum Gasteiger partial charge on any atom is 0.330 e. The Hall–Kier alpha value is -4.54. The number of anilines is 2. The van der Waals surface area contributed by atoms with Crippen molar-refractivity contribution in [2.75, 3.05) is 17.3 Å². The van der Waals surface area contributed by atoms with E-state index < -0.39 is 35.2 Å². The summed E-state index contributed by atoms with van der Waals surface area (Å²) in [4.78, 5) is 55.8. The van der Waals surface area contributed by atoms with Gasteiger partial charge in [0, 0.05) is 38.5 Å². The molecule has 0 aliphatic carbocycles. The van der Waals surface area contributed by atoms with Crippen molar-refractivity contribution in [3.8, 4) is 0 Å². The molecular weight excluding hydrogens is 443 g/mol. The molecule has 0 saturated heterocycles. The third-order valence-corrected chi connectivity index (χ3v) is 5.43. The Kier molecular flexibility index (Phi) is 5.84. The molecule has 2 heterocycles. The van der Waals surface area contributed by atoms with Gasteiger partial charge in [0.15, 0.2) is 0 Å². The number of hydrogen-bond acceptors (Lipinski definition) is 5. The molecule has 174 valence electrons. The number of aliphatic imine (C=N–C) groups is 1. The summed E-state index contributed by atoms with van der Waals surface area (Å²) in [5.74, 6) is -1.10. The van der Waals surface area contributed by atoms with Gasteiger partial charge in [0.1, 0.15) is 11.5 Å². The van der Waals surface area contributed by atoms with Crippen molar-refractivity contribution < 1.29 is 14.0 Å². The van der Waals surface area contributed by atoms with Crippen LogP contribution in [0.15, 0.2) is 69.3 Å². The van der Waals surface area contributed by atoms with Gasteiger partial charge in [0.25, 0.3) is 11.5 Å². The van der Waals surface area contributed by atoms with Crippen LogP contribution in [0.2, 0.25) is 0 Å². The minimum Gasteiger partial charge on any atom is -0.311 e. The Bertz CT molecular complexity index is 1460. The summed E-state index contributed by atoms with van der Waals surface area (Å²) in [6.45, 7) is 0. The van der Waals surface area contributed by atoms with Crippen LogP contribution >= 0.6 is 0 Å². The molecule has 0 saturated carbocycles. The average molecular weight is 464 g/mol. The van der Waals surface area contributed by atoms with Gasteiger partial charge in [-0.05, 0) is 18.2 Å². The first kappa shape index (κ1) is 22.6. The number of benzene rings is 2. The van der Waals surface area contributed by atoms with Gasteiger partial charge >= 0.3 is 11.7 Å². The molecule has 1 unspecified atom stereocenters. The average Bonchev–Trinajstić information content (AvgIpc) is 2.92. The number of halogens is 1. The highest BCUT2D eigenvalue weighted by Gasteiger charge is 2.31. The predicted octanol–water partition coefficient (Wildman–Crippen LogP) is 1.18. The van der Waals surface area contributed by atoms with Crippen LogP contribution in [-0.4, -0.2) is 40.0 Å².